The van der Waals surface area contributed by atoms with Crippen molar-refractivity contribution in [3.8, 4) is 11.5 Å². The number of nitrogens with zero attached hydrogens (tertiary/aromatic N) is 1. The van der Waals surface area contributed by atoms with Crippen LogP contribution in [0.2, 0.25) is 0 Å². The number of piperidine rings is 1. The quantitative estimate of drug-likeness (QED) is 0.271. The molecule has 1 amide bonds. The lowest BCUT2D eigenvalue weighted by atomic mass is 9.74. The molecule has 5 rings (SSSR count). The summed E-state index contributed by atoms with van der Waals surface area (Å²) in [6.07, 6.45) is 9.96. The van der Waals surface area contributed by atoms with Crippen LogP contribution in [-0.2, 0) is 4.79 Å². The van der Waals surface area contributed by atoms with E-state index >= 15 is 0 Å². The van der Waals surface area contributed by atoms with Crippen molar-refractivity contribution in [2.24, 2.45) is 5.92 Å². The third-order valence-corrected chi connectivity index (χ3v) is 7.92. The number of halogens is 1. The maximum absolute atomic E-state index is 13.1. The summed E-state index contributed by atoms with van der Waals surface area (Å²) in [5.74, 6) is 2.32. The molecule has 3 aromatic rings. The van der Waals surface area contributed by atoms with E-state index in [-0.39, 0.29) is 5.91 Å². The maximum Gasteiger partial charge on any atom is 0.246 e. The molecule has 2 aliphatic rings. The van der Waals surface area contributed by atoms with Gasteiger partial charge in [-0.3, -0.25) is 4.79 Å². The highest BCUT2D eigenvalue weighted by Crippen LogP contribution is 2.44. The molecule has 0 bridgehead atoms. The Morgan fingerprint density at radius 3 is 2.24 bits per heavy atom. The first-order valence-electron chi connectivity index (χ1n) is 13.5. The van der Waals surface area contributed by atoms with Crippen molar-refractivity contribution in [2.45, 2.75) is 32.6 Å². The lowest BCUT2D eigenvalue weighted by molar-refractivity contribution is -0.127. The zero-order chi connectivity index (χ0) is 26.5. The summed E-state index contributed by atoms with van der Waals surface area (Å²) in [7, 11) is 0. The third kappa shape index (κ3) is 5.88. The molecule has 5 heteroatoms. The van der Waals surface area contributed by atoms with Crippen LogP contribution in [0.5, 0.6) is 11.5 Å². The molecule has 1 atom stereocenters. The first-order valence-corrected chi connectivity index (χ1v) is 14.3. The molecule has 0 spiro atoms. The van der Waals surface area contributed by atoms with Crippen LogP contribution < -0.4 is 9.47 Å². The Labute approximate surface area is 234 Å². The van der Waals surface area contributed by atoms with Crippen molar-refractivity contribution >= 4 is 40.1 Å². The Hall–Kier alpha value is -3.31. The second kappa shape index (κ2) is 12.0. The highest BCUT2D eigenvalue weighted by molar-refractivity contribution is 9.10. The van der Waals surface area contributed by atoms with Crippen molar-refractivity contribution < 1.29 is 14.3 Å². The van der Waals surface area contributed by atoms with Gasteiger partial charge in [-0.05, 0) is 90.8 Å². The van der Waals surface area contributed by atoms with Gasteiger partial charge in [0, 0.05) is 35.6 Å². The van der Waals surface area contributed by atoms with E-state index < -0.39 is 0 Å². The summed E-state index contributed by atoms with van der Waals surface area (Å²) in [6, 6.07) is 21.1. The number of carbonyl (C=O) groups is 1. The standard InChI is InChI=1S/C33H34BrNO3/c1-3-37-28-19-23(20-29(22-28)38-4-2)9-14-32(36)35-17-15-26(16-18-35)33-30-8-6-5-7-24(30)10-11-25-12-13-27(34)21-31(25)33/h5-14,19-22,26,33H,3-4,15-18H2,1-2H3. The Balaban J connectivity index is 1.31. The zero-order valence-electron chi connectivity index (χ0n) is 22.0. The summed E-state index contributed by atoms with van der Waals surface area (Å²) in [4.78, 5) is 15.1. The van der Waals surface area contributed by atoms with Crippen molar-refractivity contribution in [3.05, 3.63) is 99.0 Å². The van der Waals surface area contributed by atoms with Gasteiger partial charge >= 0.3 is 0 Å². The van der Waals surface area contributed by atoms with Gasteiger partial charge in [0.2, 0.25) is 5.91 Å². The summed E-state index contributed by atoms with van der Waals surface area (Å²) in [5, 5.41) is 0. The van der Waals surface area contributed by atoms with E-state index in [1.165, 1.54) is 22.3 Å². The lowest BCUT2D eigenvalue weighted by Gasteiger charge is -2.37. The number of hydrogen-bond acceptors (Lipinski definition) is 3. The summed E-state index contributed by atoms with van der Waals surface area (Å²) >= 11 is 3.70. The molecule has 0 N–H and O–H groups in total. The lowest BCUT2D eigenvalue weighted by Crippen LogP contribution is -2.39. The van der Waals surface area contributed by atoms with Gasteiger partial charge in [0.1, 0.15) is 11.5 Å². The molecule has 1 saturated heterocycles. The fourth-order valence-corrected chi connectivity index (χ4v) is 6.06. The molecule has 0 saturated carbocycles. The van der Waals surface area contributed by atoms with Crippen LogP contribution in [0.1, 0.15) is 60.4 Å². The third-order valence-electron chi connectivity index (χ3n) is 7.42. The molecule has 1 heterocycles. The van der Waals surface area contributed by atoms with Crippen LogP contribution >= 0.6 is 15.9 Å². The summed E-state index contributed by atoms with van der Waals surface area (Å²) in [5.41, 5.74) is 6.20. The van der Waals surface area contributed by atoms with Gasteiger partial charge in [-0.15, -0.1) is 0 Å². The predicted molar refractivity (Wildman–Crippen MR) is 158 cm³/mol. The van der Waals surface area contributed by atoms with Crippen LogP contribution in [0.4, 0.5) is 0 Å². The number of fused-ring (bicyclic) bond motifs is 2. The minimum atomic E-state index is 0.0503. The molecule has 1 unspecified atom stereocenters. The number of carbonyl (C=O) groups excluding carboxylic acids is 1. The van der Waals surface area contributed by atoms with E-state index in [1.54, 1.807) is 6.08 Å². The maximum atomic E-state index is 13.1. The Kier molecular flexibility index (Phi) is 8.33. The van der Waals surface area contributed by atoms with Crippen LogP contribution in [0.15, 0.2) is 71.2 Å². The fraction of sp³-hybridized carbons (Fsp3) is 0.303. The smallest absolute Gasteiger partial charge is 0.246 e. The average Bonchev–Trinajstić information content (AvgIpc) is 3.08. The van der Waals surface area contributed by atoms with E-state index in [0.29, 0.717) is 25.0 Å². The number of likely N-dealkylation sites (tertiary alicyclic amines) is 1. The SMILES string of the molecule is CCOc1cc(C=CC(=O)N2CCC(C3c4ccccc4C=Cc4ccc(Br)cc43)CC2)cc(OCC)c1. The molecule has 1 fully saturated rings. The number of benzene rings is 3. The number of rotatable bonds is 7. The van der Waals surface area contributed by atoms with Gasteiger partial charge in [0.15, 0.2) is 0 Å². The molecule has 1 aliphatic heterocycles. The molecule has 0 radical (unpaired) electrons. The summed E-state index contributed by atoms with van der Waals surface area (Å²) < 4.78 is 12.5. The fourth-order valence-electron chi connectivity index (χ4n) is 5.68. The normalized spacial score (nSPS) is 17.1. The van der Waals surface area contributed by atoms with Gasteiger partial charge < -0.3 is 14.4 Å². The van der Waals surface area contributed by atoms with Crippen molar-refractivity contribution in [3.63, 3.8) is 0 Å². The van der Waals surface area contributed by atoms with E-state index in [1.807, 2.05) is 43.0 Å². The van der Waals surface area contributed by atoms with Crippen LogP contribution in [-0.4, -0.2) is 37.1 Å². The van der Waals surface area contributed by atoms with Crippen LogP contribution in [0, 0.1) is 5.92 Å². The number of ether oxygens (including phenoxy) is 2. The minimum Gasteiger partial charge on any atom is -0.494 e. The van der Waals surface area contributed by atoms with Crippen LogP contribution in [0.3, 0.4) is 0 Å². The van der Waals surface area contributed by atoms with E-state index in [0.717, 1.165) is 47.5 Å². The van der Waals surface area contributed by atoms with E-state index in [2.05, 4.69) is 70.5 Å². The minimum absolute atomic E-state index is 0.0503. The van der Waals surface area contributed by atoms with Crippen LogP contribution in [0.25, 0.3) is 18.2 Å². The highest BCUT2D eigenvalue weighted by Gasteiger charge is 2.32. The second-order valence-electron chi connectivity index (χ2n) is 9.81. The van der Waals surface area contributed by atoms with E-state index in [9.17, 15) is 4.79 Å². The predicted octanol–water partition coefficient (Wildman–Crippen LogP) is 7.81. The van der Waals surface area contributed by atoms with Gasteiger partial charge in [0.25, 0.3) is 0 Å². The van der Waals surface area contributed by atoms with Crippen molar-refractivity contribution in [2.75, 3.05) is 26.3 Å². The Bertz CT molecular complexity index is 1330. The molecule has 4 nitrogen and oxygen atoms in total. The van der Waals surface area contributed by atoms with Gasteiger partial charge in [0.05, 0.1) is 13.2 Å². The van der Waals surface area contributed by atoms with Gasteiger partial charge in [-0.2, -0.15) is 0 Å². The van der Waals surface area contributed by atoms with Gasteiger partial charge in [-0.1, -0.05) is 58.4 Å². The molecule has 3 aromatic carbocycles. The van der Waals surface area contributed by atoms with E-state index in [4.69, 9.17) is 9.47 Å². The average molecular weight is 573 g/mol. The zero-order valence-corrected chi connectivity index (χ0v) is 23.6. The molecular weight excluding hydrogens is 538 g/mol. The highest BCUT2D eigenvalue weighted by atomic mass is 79.9. The molecule has 38 heavy (non-hydrogen) atoms. The molecular formula is C33H34BrNO3. The van der Waals surface area contributed by atoms with Crippen molar-refractivity contribution in [1.29, 1.82) is 0 Å². The topological polar surface area (TPSA) is 38.8 Å². The molecule has 1 aliphatic carbocycles. The Morgan fingerprint density at radius 1 is 0.895 bits per heavy atom. The monoisotopic (exact) mass is 571 g/mol. The largest absolute Gasteiger partial charge is 0.494 e. The second-order valence-corrected chi connectivity index (χ2v) is 10.7. The first kappa shape index (κ1) is 26.3. The van der Waals surface area contributed by atoms with Gasteiger partial charge in [-0.25, -0.2) is 0 Å². The van der Waals surface area contributed by atoms with Crippen molar-refractivity contribution in [1.82, 2.24) is 4.90 Å². The molecule has 196 valence electrons. The summed E-state index contributed by atoms with van der Waals surface area (Å²) in [6.45, 7) is 6.58. The Morgan fingerprint density at radius 2 is 1.55 bits per heavy atom. The number of hydrogen-bond donors (Lipinski definition) is 0. The first-order chi connectivity index (χ1) is 18.6. The molecule has 0 aromatic heterocycles. The number of amides is 1.